The van der Waals surface area contributed by atoms with Gasteiger partial charge in [-0.1, -0.05) is 82.3 Å². The summed E-state index contributed by atoms with van der Waals surface area (Å²) in [6.45, 7) is 3.94. The topological polar surface area (TPSA) is 48.5 Å². The van der Waals surface area contributed by atoms with Gasteiger partial charge in [-0.25, -0.2) is 4.98 Å². The lowest BCUT2D eigenvalue weighted by atomic mass is 10.2. The van der Waals surface area contributed by atoms with Gasteiger partial charge in [0, 0.05) is 43.3 Å². The molecule has 0 aliphatic carbocycles. The Kier molecular flexibility index (Phi) is 8.82. The maximum absolute atomic E-state index is 12.9. The molecule has 1 aromatic heterocycles. The number of hydrogen-bond donors (Lipinski definition) is 1. The monoisotopic (exact) mass is 568 g/mol. The number of nitrogens with one attached hydrogen (secondary N) is 1. The van der Waals surface area contributed by atoms with Crippen molar-refractivity contribution in [2.75, 3.05) is 42.9 Å². The summed E-state index contributed by atoms with van der Waals surface area (Å²) in [6, 6.07) is 14.0. The second-order valence-electron chi connectivity index (χ2n) is 7.95. The summed E-state index contributed by atoms with van der Waals surface area (Å²) < 4.78 is 0. The molecule has 2 heterocycles. The number of amides is 1. The minimum Gasteiger partial charge on any atom is -0.366 e. The number of benzene rings is 2. The van der Waals surface area contributed by atoms with Gasteiger partial charge in [0.1, 0.15) is 10.3 Å². The van der Waals surface area contributed by atoms with Crippen LogP contribution in [0.2, 0.25) is 25.4 Å². The number of pyridine rings is 1. The first-order chi connectivity index (χ1) is 16.8. The standard InChI is InChI=1S/C25H21Cl5N4O/c26-18-5-3-16(4-6-18)2-1-9-33-10-12-34(13-11-33)24-20(8-7-19(27)23(24)30)31-25(35)17-14-21(28)32-22(29)15-17/h1-8,14-15H,9-13H2,(H,31,35)/b2-1+. The average molecular weight is 571 g/mol. The van der Waals surface area contributed by atoms with Gasteiger partial charge in [-0.3, -0.25) is 9.69 Å². The predicted octanol–water partition coefficient (Wildman–Crippen LogP) is 7.44. The van der Waals surface area contributed by atoms with Gasteiger partial charge in [0.2, 0.25) is 0 Å². The lowest BCUT2D eigenvalue weighted by molar-refractivity contribution is 0.102. The second-order valence-corrected chi connectivity index (χ2v) is 9.95. The zero-order chi connectivity index (χ0) is 24.9. The summed E-state index contributed by atoms with van der Waals surface area (Å²) >= 11 is 30.8. The second kappa shape index (κ2) is 11.8. The van der Waals surface area contributed by atoms with Gasteiger partial charge < -0.3 is 10.2 Å². The molecule has 35 heavy (non-hydrogen) atoms. The van der Waals surface area contributed by atoms with E-state index in [0.717, 1.165) is 43.3 Å². The molecule has 4 rings (SSSR count). The van der Waals surface area contributed by atoms with Crippen LogP contribution in [0.15, 0.2) is 54.6 Å². The highest BCUT2D eigenvalue weighted by Crippen LogP contribution is 2.39. The molecule has 182 valence electrons. The molecule has 1 fully saturated rings. The highest BCUT2D eigenvalue weighted by Gasteiger charge is 2.23. The summed E-state index contributed by atoms with van der Waals surface area (Å²) in [5.74, 6) is -0.373. The first-order valence-corrected chi connectivity index (χ1v) is 12.7. The Bertz CT molecular complexity index is 1220. The van der Waals surface area contributed by atoms with Crippen LogP contribution in [-0.4, -0.2) is 48.5 Å². The molecule has 10 heteroatoms. The molecule has 1 aliphatic heterocycles. The van der Waals surface area contributed by atoms with Crippen LogP contribution in [0, 0.1) is 0 Å². The fourth-order valence-corrected chi connectivity index (χ4v) is 4.83. The van der Waals surface area contributed by atoms with E-state index in [-0.39, 0.29) is 16.2 Å². The number of carbonyl (C=O) groups is 1. The molecule has 1 amide bonds. The summed E-state index contributed by atoms with van der Waals surface area (Å²) in [5.41, 5.74) is 2.65. The first kappa shape index (κ1) is 26.1. The zero-order valence-electron chi connectivity index (χ0n) is 18.4. The number of hydrogen-bond acceptors (Lipinski definition) is 4. The molecule has 1 aliphatic rings. The molecule has 5 nitrogen and oxygen atoms in total. The number of nitrogens with zero attached hydrogens (tertiary/aromatic N) is 3. The molecule has 0 unspecified atom stereocenters. The van der Waals surface area contributed by atoms with Crippen molar-refractivity contribution in [2.24, 2.45) is 0 Å². The van der Waals surface area contributed by atoms with E-state index in [1.165, 1.54) is 12.1 Å². The number of anilines is 2. The van der Waals surface area contributed by atoms with E-state index in [1.807, 2.05) is 24.3 Å². The lowest BCUT2D eigenvalue weighted by Gasteiger charge is -2.37. The Morgan fingerprint density at radius 1 is 0.914 bits per heavy atom. The number of aromatic nitrogens is 1. The van der Waals surface area contributed by atoms with Gasteiger partial charge in [-0.05, 0) is 42.0 Å². The summed E-state index contributed by atoms with van der Waals surface area (Å²) in [4.78, 5) is 21.2. The van der Waals surface area contributed by atoms with Crippen LogP contribution < -0.4 is 10.2 Å². The van der Waals surface area contributed by atoms with Crippen molar-refractivity contribution in [2.45, 2.75) is 0 Å². The third-order valence-electron chi connectivity index (χ3n) is 5.57. The van der Waals surface area contributed by atoms with E-state index in [4.69, 9.17) is 58.0 Å². The number of halogens is 5. The molecule has 0 saturated carbocycles. The number of rotatable bonds is 6. The van der Waals surface area contributed by atoms with Crippen LogP contribution in [0.3, 0.4) is 0 Å². The van der Waals surface area contributed by atoms with Crippen molar-refractivity contribution >= 4 is 81.4 Å². The quantitative estimate of drug-likeness (QED) is 0.313. The predicted molar refractivity (Wildman–Crippen MR) is 148 cm³/mol. The molecule has 1 N–H and O–H groups in total. The maximum Gasteiger partial charge on any atom is 0.255 e. The van der Waals surface area contributed by atoms with Crippen LogP contribution in [0.5, 0.6) is 0 Å². The summed E-state index contributed by atoms with van der Waals surface area (Å²) in [6.07, 6.45) is 4.23. The molecule has 0 bridgehead atoms. The third kappa shape index (κ3) is 6.82. The smallest absolute Gasteiger partial charge is 0.255 e. The highest BCUT2D eigenvalue weighted by molar-refractivity contribution is 6.44. The first-order valence-electron chi connectivity index (χ1n) is 10.8. The fraction of sp³-hybridized carbons (Fsp3) is 0.200. The van der Waals surface area contributed by atoms with E-state index >= 15 is 0 Å². The van der Waals surface area contributed by atoms with Gasteiger partial charge in [0.05, 0.1) is 21.4 Å². The molecule has 0 spiro atoms. The van der Waals surface area contributed by atoms with Crippen LogP contribution in [0.1, 0.15) is 15.9 Å². The van der Waals surface area contributed by atoms with E-state index in [0.29, 0.717) is 27.0 Å². The largest absolute Gasteiger partial charge is 0.366 e. The van der Waals surface area contributed by atoms with Crippen molar-refractivity contribution in [3.05, 3.63) is 91.1 Å². The van der Waals surface area contributed by atoms with Crippen molar-refractivity contribution in [3.8, 4) is 0 Å². The van der Waals surface area contributed by atoms with Gasteiger partial charge in [0.25, 0.3) is 5.91 Å². The molecule has 1 saturated heterocycles. The Hall–Kier alpha value is -1.99. The summed E-state index contributed by atoms with van der Waals surface area (Å²) in [7, 11) is 0. The van der Waals surface area contributed by atoms with Crippen molar-refractivity contribution in [3.63, 3.8) is 0 Å². The highest BCUT2D eigenvalue weighted by atomic mass is 35.5. The fourth-order valence-electron chi connectivity index (χ4n) is 3.81. The van der Waals surface area contributed by atoms with Gasteiger partial charge in [-0.2, -0.15) is 0 Å². The van der Waals surface area contributed by atoms with Crippen LogP contribution in [0.4, 0.5) is 11.4 Å². The molecule has 0 radical (unpaired) electrons. The minimum absolute atomic E-state index is 0.137. The molecular weight excluding hydrogens is 550 g/mol. The Labute approximate surface area is 229 Å². The third-order valence-corrected chi connectivity index (χ3v) is 7.01. The molecule has 0 atom stereocenters. The lowest BCUT2D eigenvalue weighted by Crippen LogP contribution is -2.46. The zero-order valence-corrected chi connectivity index (χ0v) is 22.2. The van der Waals surface area contributed by atoms with E-state index in [2.05, 4.69) is 32.3 Å². The van der Waals surface area contributed by atoms with Crippen molar-refractivity contribution in [1.29, 1.82) is 0 Å². The molecular formula is C25H21Cl5N4O. The SMILES string of the molecule is O=C(Nc1ccc(Cl)c(Cl)c1N1CCN(C/C=C/c2ccc(Cl)cc2)CC1)c1cc(Cl)nc(Cl)c1. The van der Waals surface area contributed by atoms with E-state index < -0.39 is 0 Å². The van der Waals surface area contributed by atoms with Crippen LogP contribution in [0.25, 0.3) is 6.08 Å². The Morgan fingerprint density at radius 2 is 1.57 bits per heavy atom. The molecule has 3 aromatic rings. The Morgan fingerprint density at radius 3 is 2.23 bits per heavy atom. The molecule has 2 aromatic carbocycles. The summed E-state index contributed by atoms with van der Waals surface area (Å²) in [5, 5.41) is 4.72. The number of piperazine rings is 1. The minimum atomic E-state index is -0.373. The van der Waals surface area contributed by atoms with E-state index in [1.54, 1.807) is 12.1 Å². The number of carbonyl (C=O) groups excluding carboxylic acids is 1. The van der Waals surface area contributed by atoms with Crippen molar-refractivity contribution < 1.29 is 4.79 Å². The normalized spacial score (nSPS) is 14.5. The van der Waals surface area contributed by atoms with Gasteiger partial charge in [0.15, 0.2) is 0 Å². The van der Waals surface area contributed by atoms with Crippen LogP contribution >= 0.6 is 58.0 Å². The van der Waals surface area contributed by atoms with E-state index in [9.17, 15) is 4.79 Å². The van der Waals surface area contributed by atoms with Gasteiger partial charge in [-0.15, -0.1) is 0 Å². The van der Waals surface area contributed by atoms with Crippen molar-refractivity contribution in [1.82, 2.24) is 9.88 Å². The van der Waals surface area contributed by atoms with Crippen LogP contribution in [-0.2, 0) is 0 Å². The van der Waals surface area contributed by atoms with Gasteiger partial charge >= 0.3 is 0 Å². The average Bonchev–Trinajstić information content (AvgIpc) is 2.83. The maximum atomic E-state index is 12.9. The Balaban J connectivity index is 1.43.